The van der Waals surface area contributed by atoms with E-state index in [4.69, 9.17) is 0 Å². The van der Waals surface area contributed by atoms with Gasteiger partial charge in [-0.1, -0.05) is 25.1 Å². The largest absolute Gasteiger partial charge is 0.481 e. The third-order valence-electron chi connectivity index (χ3n) is 4.18. The van der Waals surface area contributed by atoms with Crippen LogP contribution < -0.4 is 5.32 Å². The van der Waals surface area contributed by atoms with Gasteiger partial charge in [-0.15, -0.1) is 0 Å². The van der Waals surface area contributed by atoms with E-state index >= 15 is 0 Å². The second kappa shape index (κ2) is 6.24. The lowest BCUT2D eigenvalue weighted by atomic mass is 9.94. The van der Waals surface area contributed by atoms with Crippen molar-refractivity contribution >= 4 is 11.9 Å². The molecule has 21 heavy (non-hydrogen) atoms. The second-order valence-electron chi connectivity index (χ2n) is 5.88. The molecule has 5 heteroatoms. The molecular weight excluding hydrogens is 273 g/mol. The summed E-state index contributed by atoms with van der Waals surface area (Å²) in [6.45, 7) is 3.65. The van der Waals surface area contributed by atoms with E-state index in [0.717, 1.165) is 0 Å². The maximum absolute atomic E-state index is 13.7. The van der Waals surface area contributed by atoms with Gasteiger partial charge in [0.25, 0.3) is 0 Å². The number of benzene rings is 1. The molecular formula is C16H20FNO3. The number of carbonyl (C=O) groups excluding carboxylic acids is 1. The van der Waals surface area contributed by atoms with Crippen molar-refractivity contribution in [1.29, 1.82) is 0 Å². The van der Waals surface area contributed by atoms with Crippen LogP contribution >= 0.6 is 0 Å². The number of hydrogen-bond donors (Lipinski definition) is 2. The van der Waals surface area contributed by atoms with Gasteiger partial charge in [-0.25, -0.2) is 4.39 Å². The number of amides is 1. The van der Waals surface area contributed by atoms with Crippen molar-refractivity contribution in [2.24, 2.45) is 17.8 Å². The van der Waals surface area contributed by atoms with E-state index in [2.05, 4.69) is 5.32 Å². The molecule has 1 saturated carbocycles. The van der Waals surface area contributed by atoms with E-state index in [9.17, 15) is 19.1 Å². The van der Waals surface area contributed by atoms with E-state index in [1.54, 1.807) is 25.1 Å². The van der Waals surface area contributed by atoms with Crippen LogP contribution in [-0.2, 0) is 9.59 Å². The molecule has 4 nitrogen and oxygen atoms in total. The Kier molecular flexibility index (Phi) is 4.60. The number of nitrogens with one attached hydrogen (secondary N) is 1. The minimum atomic E-state index is -0.932. The van der Waals surface area contributed by atoms with E-state index < -0.39 is 23.8 Å². The third kappa shape index (κ3) is 3.40. The summed E-state index contributed by atoms with van der Waals surface area (Å²) >= 11 is 0. The number of carboxylic acids is 1. The monoisotopic (exact) mass is 293 g/mol. The van der Waals surface area contributed by atoms with Gasteiger partial charge in [-0.3, -0.25) is 9.59 Å². The van der Waals surface area contributed by atoms with Gasteiger partial charge < -0.3 is 10.4 Å². The number of hydrogen-bond acceptors (Lipinski definition) is 2. The zero-order valence-electron chi connectivity index (χ0n) is 12.2. The third-order valence-corrected chi connectivity index (χ3v) is 4.18. The van der Waals surface area contributed by atoms with Gasteiger partial charge in [0.2, 0.25) is 5.91 Å². The molecule has 1 aliphatic rings. The molecule has 0 saturated heterocycles. The van der Waals surface area contributed by atoms with Crippen LogP contribution in [0.3, 0.4) is 0 Å². The summed E-state index contributed by atoms with van der Waals surface area (Å²) in [7, 11) is 0. The minimum Gasteiger partial charge on any atom is -0.481 e. The fraction of sp³-hybridized carbons (Fsp3) is 0.500. The Balaban J connectivity index is 2.07. The molecule has 0 radical (unpaired) electrons. The quantitative estimate of drug-likeness (QED) is 0.897. The Morgan fingerprint density at radius 3 is 2.52 bits per heavy atom. The standard InChI is InChI=1S/C16H20FNO3/c1-9-7-12(13(8-9)16(20)21)15(19)18-10(2)11-5-3-4-6-14(11)17/h3-6,9-10,12-13H,7-8H2,1-2H3,(H,18,19)(H,20,21)/t9?,10-,12+,13-/m1/s1. The molecule has 2 N–H and O–H groups in total. The molecule has 0 aromatic heterocycles. The molecule has 0 spiro atoms. The first-order chi connectivity index (χ1) is 9.90. The van der Waals surface area contributed by atoms with Crippen molar-refractivity contribution in [3.8, 4) is 0 Å². The number of aliphatic carboxylic acids is 1. The van der Waals surface area contributed by atoms with Gasteiger partial charge >= 0.3 is 5.97 Å². The lowest BCUT2D eigenvalue weighted by Crippen LogP contribution is -2.36. The molecule has 1 aromatic carbocycles. The Morgan fingerprint density at radius 1 is 1.29 bits per heavy atom. The zero-order valence-corrected chi connectivity index (χ0v) is 12.2. The van der Waals surface area contributed by atoms with Crippen molar-refractivity contribution in [3.63, 3.8) is 0 Å². The Morgan fingerprint density at radius 2 is 1.90 bits per heavy atom. The van der Waals surface area contributed by atoms with E-state index in [1.807, 2.05) is 6.92 Å². The summed E-state index contributed by atoms with van der Waals surface area (Å²) in [6, 6.07) is 5.77. The maximum Gasteiger partial charge on any atom is 0.307 e. The maximum atomic E-state index is 13.7. The Bertz CT molecular complexity index is 546. The first-order valence-corrected chi connectivity index (χ1v) is 7.17. The molecule has 1 fully saturated rings. The number of rotatable bonds is 4. The molecule has 1 aromatic rings. The van der Waals surface area contributed by atoms with Gasteiger partial charge in [-0.2, -0.15) is 0 Å². The van der Waals surface area contributed by atoms with Crippen molar-refractivity contribution in [2.45, 2.75) is 32.7 Å². The van der Waals surface area contributed by atoms with Crippen LogP contribution in [-0.4, -0.2) is 17.0 Å². The SMILES string of the molecule is CC1C[C@H](C(=O)N[C@H](C)c2ccccc2F)[C@H](C(=O)O)C1. The van der Waals surface area contributed by atoms with Crippen LogP contribution in [0.5, 0.6) is 0 Å². The van der Waals surface area contributed by atoms with Gasteiger partial charge in [0, 0.05) is 5.56 Å². The molecule has 1 amide bonds. The minimum absolute atomic E-state index is 0.214. The van der Waals surface area contributed by atoms with Gasteiger partial charge in [0.15, 0.2) is 0 Å². The first kappa shape index (κ1) is 15.5. The summed E-state index contributed by atoms with van der Waals surface area (Å²) in [5, 5.41) is 11.9. The highest BCUT2D eigenvalue weighted by Crippen LogP contribution is 2.37. The predicted molar refractivity (Wildman–Crippen MR) is 76.0 cm³/mol. The summed E-state index contributed by atoms with van der Waals surface area (Å²) in [5.74, 6) is -2.58. The molecule has 4 atom stereocenters. The van der Waals surface area contributed by atoms with E-state index in [0.29, 0.717) is 18.4 Å². The van der Waals surface area contributed by atoms with Crippen LogP contribution in [0, 0.1) is 23.6 Å². The Labute approximate surface area is 123 Å². The molecule has 0 bridgehead atoms. The summed E-state index contributed by atoms with van der Waals surface area (Å²) < 4.78 is 13.7. The van der Waals surface area contributed by atoms with Crippen LogP contribution in [0.15, 0.2) is 24.3 Å². The highest BCUT2D eigenvalue weighted by Gasteiger charge is 2.41. The van der Waals surface area contributed by atoms with Crippen LogP contribution in [0.1, 0.15) is 38.3 Å². The number of halogens is 1. The van der Waals surface area contributed by atoms with E-state index in [1.165, 1.54) is 6.07 Å². The lowest BCUT2D eigenvalue weighted by molar-refractivity contribution is -0.146. The Hall–Kier alpha value is -1.91. The topological polar surface area (TPSA) is 66.4 Å². The van der Waals surface area contributed by atoms with E-state index in [-0.39, 0.29) is 17.6 Å². The highest BCUT2D eigenvalue weighted by molar-refractivity contribution is 5.85. The molecule has 0 heterocycles. The summed E-state index contributed by atoms with van der Waals surface area (Å²) in [5.41, 5.74) is 0.406. The zero-order chi connectivity index (χ0) is 15.6. The highest BCUT2D eigenvalue weighted by atomic mass is 19.1. The van der Waals surface area contributed by atoms with Gasteiger partial charge in [-0.05, 0) is 31.7 Å². The summed E-state index contributed by atoms with van der Waals surface area (Å²) in [4.78, 5) is 23.5. The van der Waals surface area contributed by atoms with Crippen molar-refractivity contribution in [1.82, 2.24) is 5.32 Å². The van der Waals surface area contributed by atoms with Crippen molar-refractivity contribution < 1.29 is 19.1 Å². The van der Waals surface area contributed by atoms with Crippen LogP contribution in [0.25, 0.3) is 0 Å². The van der Waals surface area contributed by atoms with Crippen LogP contribution in [0.2, 0.25) is 0 Å². The average Bonchev–Trinajstić information content (AvgIpc) is 2.81. The fourth-order valence-corrected chi connectivity index (χ4v) is 3.08. The molecule has 1 aliphatic carbocycles. The number of carboxylic acid groups (broad SMARTS) is 1. The second-order valence-corrected chi connectivity index (χ2v) is 5.88. The molecule has 114 valence electrons. The fourth-order valence-electron chi connectivity index (χ4n) is 3.08. The van der Waals surface area contributed by atoms with Gasteiger partial charge in [0.05, 0.1) is 17.9 Å². The van der Waals surface area contributed by atoms with Crippen molar-refractivity contribution in [2.75, 3.05) is 0 Å². The normalized spacial score (nSPS) is 26.3. The smallest absolute Gasteiger partial charge is 0.307 e. The number of carbonyl (C=O) groups is 2. The molecule has 1 unspecified atom stereocenters. The van der Waals surface area contributed by atoms with Crippen molar-refractivity contribution in [3.05, 3.63) is 35.6 Å². The molecule has 0 aliphatic heterocycles. The summed E-state index contributed by atoms with van der Waals surface area (Å²) in [6.07, 6.45) is 1.08. The predicted octanol–water partition coefficient (Wildman–Crippen LogP) is 2.75. The molecule has 2 rings (SSSR count). The average molecular weight is 293 g/mol. The van der Waals surface area contributed by atoms with Crippen LogP contribution in [0.4, 0.5) is 4.39 Å². The first-order valence-electron chi connectivity index (χ1n) is 7.17. The lowest BCUT2D eigenvalue weighted by Gasteiger charge is -2.20. The van der Waals surface area contributed by atoms with Gasteiger partial charge in [0.1, 0.15) is 5.82 Å².